The lowest BCUT2D eigenvalue weighted by Gasteiger charge is -2.19. The van der Waals surface area contributed by atoms with Crippen LogP contribution in [0, 0.1) is 11.8 Å². The number of benzene rings is 2. The molecule has 1 aliphatic carbocycles. The molecule has 1 N–H and O–H groups in total. The normalized spacial score (nSPS) is 21.1. The third kappa shape index (κ3) is 3.60. The van der Waals surface area contributed by atoms with Crippen molar-refractivity contribution >= 4 is 40.7 Å². The predicted octanol–water partition coefficient (Wildman–Crippen LogP) is 4.28. The van der Waals surface area contributed by atoms with E-state index < -0.39 is 0 Å². The maximum absolute atomic E-state index is 12.8. The van der Waals surface area contributed by atoms with Gasteiger partial charge in [0.2, 0.25) is 11.8 Å². The van der Waals surface area contributed by atoms with E-state index in [-0.39, 0.29) is 29.6 Å². The van der Waals surface area contributed by atoms with Crippen molar-refractivity contribution in [3.63, 3.8) is 0 Å². The average Bonchev–Trinajstić information content (AvgIpc) is 2.99. The third-order valence-electron chi connectivity index (χ3n) is 5.62. The van der Waals surface area contributed by atoms with Gasteiger partial charge in [0, 0.05) is 10.6 Å². The number of nitrogens with zero attached hydrogens (tertiary/aromatic N) is 1. The molecule has 1 aliphatic heterocycles. The molecule has 2 aromatic carbocycles. The van der Waals surface area contributed by atoms with Crippen LogP contribution in [0.3, 0.4) is 0 Å². The summed E-state index contributed by atoms with van der Waals surface area (Å²) in [5.74, 6) is -0.687. The first-order valence-corrected chi connectivity index (χ1v) is 10.00. The highest BCUT2D eigenvalue weighted by Crippen LogP contribution is 2.40. The molecule has 0 unspecified atom stereocenters. The summed E-state index contributed by atoms with van der Waals surface area (Å²) in [7, 11) is 1.50. The second-order valence-electron chi connectivity index (χ2n) is 7.36. The lowest BCUT2D eigenvalue weighted by molar-refractivity contribution is -0.122. The number of rotatable bonds is 4. The van der Waals surface area contributed by atoms with E-state index in [1.165, 1.54) is 12.0 Å². The highest BCUT2D eigenvalue weighted by atomic mass is 35.5. The number of carbonyl (C=O) groups excluding carboxylic acids is 3. The van der Waals surface area contributed by atoms with Crippen LogP contribution >= 0.6 is 11.6 Å². The molecule has 1 saturated carbocycles. The Hall–Kier alpha value is -2.86. The van der Waals surface area contributed by atoms with Crippen LogP contribution in [0.2, 0.25) is 5.02 Å². The first-order chi connectivity index (χ1) is 14.0. The Morgan fingerprint density at radius 2 is 1.76 bits per heavy atom. The number of methoxy groups -OCH3 is 1. The Kier molecular flexibility index (Phi) is 5.28. The molecule has 7 heteroatoms. The molecule has 1 saturated heterocycles. The van der Waals surface area contributed by atoms with E-state index in [0.29, 0.717) is 27.7 Å². The first kappa shape index (κ1) is 19.5. The van der Waals surface area contributed by atoms with Crippen molar-refractivity contribution in [2.45, 2.75) is 25.7 Å². The molecule has 0 spiro atoms. The molecule has 2 aliphatic rings. The molecular weight excluding hydrogens is 392 g/mol. The SMILES string of the molecule is COc1ccc(Cl)cc1NC(=O)c1cccc(N2C(=O)[C@@H]3CCCC[C@H]3C2=O)c1. The van der Waals surface area contributed by atoms with Crippen LogP contribution in [0.1, 0.15) is 36.0 Å². The van der Waals surface area contributed by atoms with E-state index in [1.807, 2.05) is 0 Å². The minimum absolute atomic E-state index is 0.159. The number of imide groups is 1. The van der Waals surface area contributed by atoms with Gasteiger partial charge in [0.15, 0.2) is 0 Å². The predicted molar refractivity (Wildman–Crippen MR) is 110 cm³/mol. The largest absolute Gasteiger partial charge is 0.495 e. The lowest BCUT2D eigenvalue weighted by atomic mass is 9.81. The van der Waals surface area contributed by atoms with Crippen LogP contribution in [0.5, 0.6) is 5.75 Å². The number of carbonyl (C=O) groups is 3. The highest BCUT2D eigenvalue weighted by molar-refractivity contribution is 6.31. The number of fused-ring (bicyclic) bond motifs is 1. The maximum atomic E-state index is 12.8. The van der Waals surface area contributed by atoms with E-state index >= 15 is 0 Å². The van der Waals surface area contributed by atoms with E-state index in [2.05, 4.69) is 5.32 Å². The van der Waals surface area contributed by atoms with Crippen LogP contribution in [0.4, 0.5) is 11.4 Å². The Bertz CT molecular complexity index is 967. The maximum Gasteiger partial charge on any atom is 0.255 e. The van der Waals surface area contributed by atoms with Crippen molar-refractivity contribution in [3.05, 3.63) is 53.1 Å². The monoisotopic (exact) mass is 412 g/mol. The molecule has 2 atom stereocenters. The first-order valence-electron chi connectivity index (χ1n) is 9.62. The minimum Gasteiger partial charge on any atom is -0.495 e. The van der Waals surface area contributed by atoms with E-state index in [0.717, 1.165) is 25.7 Å². The van der Waals surface area contributed by atoms with Crippen molar-refractivity contribution in [1.29, 1.82) is 0 Å². The molecule has 0 radical (unpaired) electrons. The van der Waals surface area contributed by atoms with Crippen LogP contribution in [0.15, 0.2) is 42.5 Å². The fourth-order valence-corrected chi connectivity index (χ4v) is 4.35. The minimum atomic E-state index is -0.385. The molecule has 1 heterocycles. The summed E-state index contributed by atoms with van der Waals surface area (Å²) in [6.45, 7) is 0. The second-order valence-corrected chi connectivity index (χ2v) is 7.79. The summed E-state index contributed by atoms with van der Waals surface area (Å²) in [5.41, 5.74) is 1.20. The second kappa shape index (κ2) is 7.87. The summed E-state index contributed by atoms with van der Waals surface area (Å²) in [6, 6.07) is 11.5. The Morgan fingerprint density at radius 3 is 2.41 bits per heavy atom. The highest BCUT2D eigenvalue weighted by Gasteiger charge is 2.48. The zero-order valence-electron chi connectivity index (χ0n) is 16.0. The molecular formula is C22H21ClN2O4. The van der Waals surface area contributed by atoms with Crippen molar-refractivity contribution < 1.29 is 19.1 Å². The summed E-state index contributed by atoms with van der Waals surface area (Å²) in [5, 5.41) is 3.24. The Labute approximate surface area is 173 Å². The van der Waals surface area contributed by atoms with E-state index in [4.69, 9.17) is 16.3 Å². The summed E-state index contributed by atoms with van der Waals surface area (Å²) in [6.07, 6.45) is 3.44. The van der Waals surface area contributed by atoms with Crippen LogP contribution < -0.4 is 15.0 Å². The van der Waals surface area contributed by atoms with Gasteiger partial charge in [-0.3, -0.25) is 19.3 Å². The van der Waals surface area contributed by atoms with Crippen molar-refractivity contribution in [1.82, 2.24) is 0 Å². The van der Waals surface area contributed by atoms with Gasteiger partial charge >= 0.3 is 0 Å². The molecule has 3 amide bonds. The van der Waals surface area contributed by atoms with Gasteiger partial charge in [0.1, 0.15) is 5.75 Å². The van der Waals surface area contributed by atoms with Crippen LogP contribution in [0.25, 0.3) is 0 Å². The Balaban J connectivity index is 1.59. The van der Waals surface area contributed by atoms with Gasteiger partial charge in [0.05, 0.1) is 30.3 Å². The third-order valence-corrected chi connectivity index (χ3v) is 5.85. The molecule has 0 bridgehead atoms. The van der Waals surface area contributed by atoms with Gasteiger partial charge in [-0.05, 0) is 49.2 Å². The fourth-order valence-electron chi connectivity index (χ4n) is 4.18. The standard InChI is InChI=1S/C22H21ClN2O4/c1-29-19-10-9-14(23)12-18(19)24-20(26)13-5-4-6-15(11-13)25-21(27)16-7-2-3-8-17(16)22(25)28/h4-6,9-12,16-17H,2-3,7-8H2,1H3,(H,24,26)/t16-,17-/m1/s1. The fraction of sp³-hybridized carbons (Fsp3) is 0.318. The number of anilines is 2. The van der Waals surface area contributed by atoms with Crippen LogP contribution in [-0.4, -0.2) is 24.8 Å². The summed E-state index contributed by atoms with van der Waals surface area (Å²) >= 11 is 6.02. The van der Waals surface area contributed by atoms with Gasteiger partial charge in [-0.1, -0.05) is 30.5 Å². The topological polar surface area (TPSA) is 75.7 Å². The van der Waals surface area contributed by atoms with Crippen LogP contribution in [-0.2, 0) is 9.59 Å². The van der Waals surface area contributed by atoms with Gasteiger partial charge in [-0.25, -0.2) is 0 Å². The molecule has 0 aromatic heterocycles. The summed E-state index contributed by atoms with van der Waals surface area (Å²) in [4.78, 5) is 39.7. The number of hydrogen-bond donors (Lipinski definition) is 1. The van der Waals surface area contributed by atoms with Gasteiger partial charge in [0.25, 0.3) is 5.91 Å². The lowest BCUT2D eigenvalue weighted by Crippen LogP contribution is -2.31. The molecule has 6 nitrogen and oxygen atoms in total. The number of halogens is 1. The number of hydrogen-bond acceptors (Lipinski definition) is 4. The van der Waals surface area contributed by atoms with E-state index in [1.54, 1.807) is 42.5 Å². The quantitative estimate of drug-likeness (QED) is 0.760. The van der Waals surface area contributed by atoms with E-state index in [9.17, 15) is 14.4 Å². The molecule has 4 rings (SSSR count). The van der Waals surface area contributed by atoms with Gasteiger partial charge in [-0.15, -0.1) is 0 Å². The molecule has 150 valence electrons. The zero-order valence-corrected chi connectivity index (χ0v) is 16.7. The molecule has 29 heavy (non-hydrogen) atoms. The smallest absolute Gasteiger partial charge is 0.255 e. The van der Waals surface area contributed by atoms with Gasteiger partial charge < -0.3 is 10.1 Å². The van der Waals surface area contributed by atoms with Crippen molar-refractivity contribution in [2.75, 3.05) is 17.3 Å². The van der Waals surface area contributed by atoms with Gasteiger partial charge in [-0.2, -0.15) is 0 Å². The number of nitrogens with one attached hydrogen (secondary N) is 1. The number of ether oxygens (including phenoxy) is 1. The number of amides is 3. The Morgan fingerprint density at radius 1 is 1.07 bits per heavy atom. The zero-order chi connectivity index (χ0) is 20.5. The average molecular weight is 413 g/mol. The summed E-state index contributed by atoms with van der Waals surface area (Å²) < 4.78 is 5.25. The molecule has 2 aromatic rings. The van der Waals surface area contributed by atoms with Crippen molar-refractivity contribution in [3.8, 4) is 5.75 Å². The molecule has 2 fully saturated rings. The van der Waals surface area contributed by atoms with Crippen molar-refractivity contribution in [2.24, 2.45) is 11.8 Å².